The molecule has 0 saturated heterocycles. The summed E-state index contributed by atoms with van der Waals surface area (Å²) >= 11 is 0. The van der Waals surface area contributed by atoms with Crippen LogP contribution in [0.3, 0.4) is 0 Å². The van der Waals surface area contributed by atoms with Gasteiger partial charge in [-0.2, -0.15) is 0 Å². The largest absolute Gasteiger partial charge is 0.462 e. The molecule has 0 aliphatic carbocycles. The molecule has 0 amide bonds. The van der Waals surface area contributed by atoms with Crippen molar-refractivity contribution in [3.05, 3.63) is 36.5 Å². The van der Waals surface area contributed by atoms with Crippen LogP contribution in [-0.2, 0) is 23.8 Å². The summed E-state index contributed by atoms with van der Waals surface area (Å²) in [5, 5.41) is 0. The highest BCUT2D eigenvalue weighted by atomic mass is 16.6. The minimum atomic E-state index is -0.538. The summed E-state index contributed by atoms with van der Waals surface area (Å²) in [6.45, 7) is 7.71. The molecule has 0 saturated carbocycles. The Kier molecular flexibility index (Phi) is 40.0. The van der Waals surface area contributed by atoms with Gasteiger partial charge in [-0.3, -0.25) is 9.59 Å². The van der Waals surface area contributed by atoms with Gasteiger partial charge in [0.05, 0.1) is 6.61 Å². The van der Waals surface area contributed by atoms with E-state index in [1.165, 1.54) is 109 Å². The molecule has 0 aliphatic heterocycles. The van der Waals surface area contributed by atoms with Crippen molar-refractivity contribution in [3.63, 3.8) is 0 Å². The summed E-state index contributed by atoms with van der Waals surface area (Å²) in [5.41, 5.74) is 0. The van der Waals surface area contributed by atoms with Crippen molar-refractivity contribution in [2.24, 2.45) is 0 Å². The van der Waals surface area contributed by atoms with Gasteiger partial charge >= 0.3 is 11.9 Å². The van der Waals surface area contributed by atoms with Crippen molar-refractivity contribution in [1.82, 2.24) is 0 Å². The maximum Gasteiger partial charge on any atom is 0.306 e. The second kappa shape index (κ2) is 41.5. The van der Waals surface area contributed by atoms with Gasteiger partial charge in [-0.15, -0.1) is 0 Å². The van der Waals surface area contributed by atoms with Crippen LogP contribution in [-0.4, -0.2) is 37.9 Å². The number of hydrogen-bond donors (Lipinski definition) is 0. The zero-order valence-electron chi connectivity index (χ0n) is 33.4. The highest BCUT2D eigenvalue weighted by Crippen LogP contribution is 2.13. The molecular formula is C45H82O5. The Hall–Kier alpha value is -1.88. The molecule has 0 aliphatic rings. The summed E-state index contributed by atoms with van der Waals surface area (Å²) in [6.07, 6.45) is 47.0. The van der Waals surface area contributed by atoms with Crippen molar-refractivity contribution in [2.45, 2.75) is 219 Å². The van der Waals surface area contributed by atoms with Crippen LogP contribution < -0.4 is 0 Å². The molecule has 0 bridgehead atoms. The number of carbonyl (C=O) groups is 2. The van der Waals surface area contributed by atoms with E-state index in [0.717, 1.165) is 70.6 Å². The number of carbonyl (C=O) groups excluding carboxylic acids is 2. The van der Waals surface area contributed by atoms with Gasteiger partial charge in [0.15, 0.2) is 6.10 Å². The molecule has 1 atom stereocenters. The molecule has 0 heterocycles. The third kappa shape index (κ3) is 38.9. The number of esters is 2. The van der Waals surface area contributed by atoms with E-state index in [0.29, 0.717) is 19.4 Å². The van der Waals surface area contributed by atoms with Crippen molar-refractivity contribution in [1.29, 1.82) is 0 Å². The molecule has 0 radical (unpaired) electrons. The Morgan fingerprint density at radius 2 is 0.880 bits per heavy atom. The highest BCUT2D eigenvalue weighted by Gasteiger charge is 2.17. The molecule has 0 fully saturated rings. The molecule has 0 aromatic heterocycles. The fourth-order valence-electron chi connectivity index (χ4n) is 5.89. The van der Waals surface area contributed by atoms with Gasteiger partial charge in [0.2, 0.25) is 0 Å². The monoisotopic (exact) mass is 703 g/mol. The van der Waals surface area contributed by atoms with Gasteiger partial charge in [-0.1, -0.05) is 166 Å². The molecule has 0 rings (SSSR count). The molecule has 5 heteroatoms. The zero-order valence-corrected chi connectivity index (χ0v) is 33.4. The first-order chi connectivity index (χ1) is 24.6. The maximum atomic E-state index is 12.7. The van der Waals surface area contributed by atoms with Crippen LogP contribution in [0, 0.1) is 0 Å². The Morgan fingerprint density at radius 1 is 0.440 bits per heavy atom. The summed E-state index contributed by atoms with van der Waals surface area (Å²) in [5.74, 6) is -0.421. The molecule has 292 valence electrons. The summed E-state index contributed by atoms with van der Waals surface area (Å²) in [4.78, 5) is 25.1. The maximum absolute atomic E-state index is 12.7. The summed E-state index contributed by atoms with van der Waals surface area (Å²) in [7, 11) is 0. The Bertz CT molecular complexity index is 801. The van der Waals surface area contributed by atoms with Crippen LogP contribution in [0.2, 0.25) is 0 Å². The fourth-order valence-corrected chi connectivity index (χ4v) is 5.89. The molecule has 0 N–H and O–H groups in total. The highest BCUT2D eigenvalue weighted by molar-refractivity contribution is 5.70. The van der Waals surface area contributed by atoms with Gasteiger partial charge in [-0.05, 0) is 70.6 Å². The average Bonchev–Trinajstić information content (AvgIpc) is 3.11. The quantitative estimate of drug-likeness (QED) is 0.0362. The summed E-state index contributed by atoms with van der Waals surface area (Å²) < 4.78 is 17.2. The van der Waals surface area contributed by atoms with E-state index in [1.54, 1.807) is 0 Å². The second-order valence-electron chi connectivity index (χ2n) is 14.2. The normalized spacial score (nSPS) is 12.5. The Morgan fingerprint density at radius 3 is 1.44 bits per heavy atom. The van der Waals surface area contributed by atoms with Gasteiger partial charge in [-0.25, -0.2) is 0 Å². The van der Waals surface area contributed by atoms with Crippen LogP contribution in [0.4, 0.5) is 0 Å². The van der Waals surface area contributed by atoms with Crippen molar-refractivity contribution < 1.29 is 23.8 Å². The third-order valence-corrected chi connectivity index (χ3v) is 9.13. The lowest BCUT2D eigenvalue weighted by Crippen LogP contribution is -2.30. The molecule has 0 aromatic carbocycles. The number of unbranched alkanes of at least 4 members (excludes halogenated alkanes) is 22. The van der Waals surface area contributed by atoms with Gasteiger partial charge in [0.25, 0.3) is 0 Å². The van der Waals surface area contributed by atoms with Crippen molar-refractivity contribution >= 4 is 11.9 Å². The molecule has 0 aromatic rings. The SMILES string of the molecule is CCC/C=C\C/C=C\CCCCCCCC(=O)OCC(COCCCCCCCCCC)OC(=O)CCCCCCC/C=C\CCCCCC. The fraction of sp³-hybridized carbons (Fsp3) is 0.822. The number of hydrogen-bond acceptors (Lipinski definition) is 5. The van der Waals surface area contributed by atoms with E-state index >= 15 is 0 Å². The van der Waals surface area contributed by atoms with Crippen LogP contribution in [0.25, 0.3) is 0 Å². The molecule has 5 nitrogen and oxygen atoms in total. The third-order valence-electron chi connectivity index (χ3n) is 9.13. The van der Waals surface area contributed by atoms with E-state index in [9.17, 15) is 9.59 Å². The first-order valence-electron chi connectivity index (χ1n) is 21.5. The Labute approximate surface area is 310 Å². The predicted octanol–water partition coefficient (Wildman–Crippen LogP) is 13.9. The Balaban J connectivity index is 4.24. The standard InChI is InChI=1S/C45H82O5/c1-4-7-10-13-16-19-21-23-25-27-29-32-35-38-44(46)49-42-43(41-48-40-37-34-31-18-15-12-9-6-3)50-45(47)39-36-33-30-28-26-24-22-20-17-14-11-8-5-2/h10,13,19-22,43H,4-9,11-12,14-18,23-42H2,1-3H3/b13-10-,21-19-,22-20-. The van der Waals surface area contributed by atoms with Gasteiger partial charge < -0.3 is 14.2 Å². The van der Waals surface area contributed by atoms with E-state index in [-0.39, 0.29) is 25.2 Å². The van der Waals surface area contributed by atoms with Crippen LogP contribution in [0.15, 0.2) is 36.5 Å². The minimum Gasteiger partial charge on any atom is -0.462 e. The predicted molar refractivity (Wildman–Crippen MR) is 215 cm³/mol. The van der Waals surface area contributed by atoms with Gasteiger partial charge in [0.1, 0.15) is 6.61 Å². The minimum absolute atomic E-state index is 0.0775. The van der Waals surface area contributed by atoms with E-state index < -0.39 is 6.10 Å². The van der Waals surface area contributed by atoms with E-state index in [1.807, 2.05) is 0 Å². The van der Waals surface area contributed by atoms with Crippen LogP contribution >= 0.6 is 0 Å². The molecular weight excluding hydrogens is 620 g/mol. The number of allylic oxidation sites excluding steroid dienone is 6. The topological polar surface area (TPSA) is 61.8 Å². The van der Waals surface area contributed by atoms with Gasteiger partial charge in [0, 0.05) is 19.4 Å². The summed E-state index contributed by atoms with van der Waals surface area (Å²) in [6, 6.07) is 0. The first kappa shape index (κ1) is 48.1. The number of ether oxygens (including phenoxy) is 3. The average molecular weight is 703 g/mol. The zero-order chi connectivity index (χ0) is 36.4. The number of rotatable bonds is 39. The lowest BCUT2D eigenvalue weighted by Gasteiger charge is -2.18. The van der Waals surface area contributed by atoms with E-state index in [4.69, 9.17) is 14.2 Å². The van der Waals surface area contributed by atoms with Crippen LogP contribution in [0.5, 0.6) is 0 Å². The van der Waals surface area contributed by atoms with Crippen molar-refractivity contribution in [3.8, 4) is 0 Å². The van der Waals surface area contributed by atoms with Crippen molar-refractivity contribution in [2.75, 3.05) is 19.8 Å². The molecule has 50 heavy (non-hydrogen) atoms. The lowest BCUT2D eigenvalue weighted by atomic mass is 10.1. The lowest BCUT2D eigenvalue weighted by molar-refractivity contribution is -0.163. The molecule has 0 spiro atoms. The molecule has 1 unspecified atom stereocenters. The van der Waals surface area contributed by atoms with Crippen LogP contribution in [0.1, 0.15) is 213 Å². The first-order valence-corrected chi connectivity index (χ1v) is 21.5. The second-order valence-corrected chi connectivity index (χ2v) is 14.2. The smallest absolute Gasteiger partial charge is 0.306 e. The van der Waals surface area contributed by atoms with E-state index in [2.05, 4.69) is 57.2 Å².